The van der Waals surface area contributed by atoms with Crippen LogP contribution in [0.5, 0.6) is 0 Å². The molecule has 0 aromatic heterocycles. The summed E-state index contributed by atoms with van der Waals surface area (Å²) in [5.41, 5.74) is 2.77. The molecule has 3 nitrogen and oxygen atoms in total. The summed E-state index contributed by atoms with van der Waals surface area (Å²) in [6.07, 6.45) is 9.23. The van der Waals surface area contributed by atoms with Gasteiger partial charge < -0.3 is 5.11 Å². The number of unbranched alkanes of at least 4 members (excludes halogenated alkanes) is 1. The summed E-state index contributed by atoms with van der Waals surface area (Å²) in [5.74, 6) is 0. The van der Waals surface area contributed by atoms with Crippen molar-refractivity contribution in [3.63, 3.8) is 0 Å². The minimum absolute atomic E-state index is 0.281. The molecule has 1 N–H and O–H groups in total. The summed E-state index contributed by atoms with van der Waals surface area (Å²) in [4.78, 5) is 0. The average molecular weight is 329 g/mol. The normalized spacial score (nSPS) is 14.5. The maximum absolute atomic E-state index is 10.9. The van der Waals surface area contributed by atoms with Gasteiger partial charge in [-0.15, -0.1) is 0 Å². The van der Waals surface area contributed by atoms with E-state index in [2.05, 4.69) is 49.3 Å². The van der Waals surface area contributed by atoms with E-state index in [1.54, 1.807) is 11.2 Å². The van der Waals surface area contributed by atoms with Crippen LogP contribution in [0.1, 0.15) is 58.6 Å². The number of rotatable bonds is 7. The molecule has 132 valence electrons. The lowest BCUT2D eigenvalue weighted by Crippen LogP contribution is -2.33. The average Bonchev–Trinajstić information content (AvgIpc) is 2.52. The highest BCUT2D eigenvalue weighted by molar-refractivity contribution is 5.56. The van der Waals surface area contributed by atoms with Gasteiger partial charge in [0.15, 0.2) is 0 Å². The molecule has 0 amide bonds. The number of hydrazone groups is 1. The number of nitrogens with zero attached hydrogens (tertiary/aromatic N) is 2. The van der Waals surface area contributed by atoms with Gasteiger partial charge in [0.05, 0.1) is 5.70 Å². The van der Waals surface area contributed by atoms with Gasteiger partial charge in [0.25, 0.3) is 0 Å². The van der Waals surface area contributed by atoms with Crippen molar-refractivity contribution in [3.05, 3.63) is 53.4 Å². The molecule has 3 heteroatoms. The van der Waals surface area contributed by atoms with E-state index in [1.165, 1.54) is 5.56 Å². The molecule has 0 saturated heterocycles. The number of aliphatic hydroxyl groups excluding tert-OH is 1. The van der Waals surface area contributed by atoms with Gasteiger partial charge >= 0.3 is 0 Å². The van der Waals surface area contributed by atoms with E-state index in [-0.39, 0.29) is 5.41 Å². The van der Waals surface area contributed by atoms with E-state index in [0.29, 0.717) is 0 Å². The van der Waals surface area contributed by atoms with Gasteiger partial charge in [0, 0.05) is 12.4 Å². The Morgan fingerprint density at radius 3 is 2.38 bits per heavy atom. The first kappa shape index (κ1) is 20.2. The molecule has 1 atom stereocenters. The van der Waals surface area contributed by atoms with Crippen LogP contribution in [0, 0.1) is 12.3 Å². The second-order valence-corrected chi connectivity index (χ2v) is 7.14. The van der Waals surface area contributed by atoms with Gasteiger partial charge in [-0.05, 0) is 37.3 Å². The Bertz CT molecular complexity index is 577. The van der Waals surface area contributed by atoms with Gasteiger partial charge in [-0.3, -0.25) is 0 Å². The molecule has 0 spiro atoms. The Labute approximate surface area is 147 Å². The Hall–Kier alpha value is -1.87. The summed E-state index contributed by atoms with van der Waals surface area (Å²) >= 11 is 0. The van der Waals surface area contributed by atoms with Gasteiger partial charge in [-0.1, -0.05) is 70.0 Å². The van der Waals surface area contributed by atoms with Crippen LogP contribution in [0.4, 0.5) is 0 Å². The zero-order valence-corrected chi connectivity index (χ0v) is 16.0. The van der Waals surface area contributed by atoms with Crippen molar-refractivity contribution >= 4 is 12.3 Å². The molecule has 0 aliphatic heterocycles. The van der Waals surface area contributed by atoms with E-state index in [0.717, 1.165) is 24.1 Å². The molecule has 0 saturated carbocycles. The van der Waals surface area contributed by atoms with Crippen molar-refractivity contribution in [2.45, 2.75) is 60.5 Å². The van der Waals surface area contributed by atoms with Gasteiger partial charge in [-0.2, -0.15) is 5.10 Å². The summed E-state index contributed by atoms with van der Waals surface area (Å²) in [6, 6.07) is 8.28. The van der Waals surface area contributed by atoms with E-state index >= 15 is 0 Å². The molecule has 1 rings (SSSR count). The lowest BCUT2D eigenvalue weighted by Gasteiger charge is -2.32. The zero-order chi connectivity index (χ0) is 18.2. The minimum atomic E-state index is -0.631. The van der Waals surface area contributed by atoms with Crippen LogP contribution in [0.3, 0.4) is 0 Å². The van der Waals surface area contributed by atoms with E-state index in [4.69, 9.17) is 0 Å². The lowest BCUT2D eigenvalue weighted by atomic mass is 9.86. The second-order valence-electron chi connectivity index (χ2n) is 7.14. The predicted molar refractivity (Wildman–Crippen MR) is 105 cm³/mol. The number of hydrogen-bond donors (Lipinski definition) is 1. The Kier molecular flexibility index (Phi) is 7.93. The van der Waals surface area contributed by atoms with Crippen LogP contribution in [-0.4, -0.2) is 22.4 Å². The van der Waals surface area contributed by atoms with Crippen molar-refractivity contribution in [1.29, 1.82) is 0 Å². The van der Waals surface area contributed by atoms with Crippen LogP contribution in [-0.2, 0) is 0 Å². The molecule has 1 aromatic rings. The van der Waals surface area contributed by atoms with Crippen LogP contribution in [0.15, 0.2) is 47.3 Å². The molecule has 0 bridgehead atoms. The van der Waals surface area contributed by atoms with Crippen LogP contribution in [0.25, 0.3) is 6.08 Å². The van der Waals surface area contributed by atoms with Crippen LogP contribution >= 0.6 is 0 Å². The number of allylic oxidation sites excluding steroid dienone is 1. The maximum Gasteiger partial charge on any atom is 0.101 e. The third-order valence-electron chi connectivity index (χ3n) is 3.70. The molecule has 0 heterocycles. The number of aliphatic hydroxyl groups is 1. The monoisotopic (exact) mass is 328 g/mol. The van der Waals surface area contributed by atoms with Gasteiger partial charge in [0.1, 0.15) is 6.10 Å². The fraction of sp³-hybridized carbons (Fsp3) is 0.476. The molecule has 1 aromatic carbocycles. The Morgan fingerprint density at radius 1 is 1.25 bits per heavy atom. The largest absolute Gasteiger partial charge is 0.386 e. The fourth-order valence-electron chi connectivity index (χ4n) is 2.20. The van der Waals surface area contributed by atoms with Crippen molar-refractivity contribution in [2.75, 3.05) is 0 Å². The standard InChI is InChI=1S/C21H32N2O/c1-7-9-10-15-23(22-8-2)19(20(24)21(4,5)6)16-18-13-11-17(3)12-14-18/h8,10-16,20,24H,7,9H2,1-6H3/b15-10+,19-16+,22-8-. The molecular formula is C21H32N2O. The van der Waals surface area contributed by atoms with Crippen molar-refractivity contribution in [3.8, 4) is 0 Å². The van der Waals surface area contributed by atoms with Gasteiger partial charge in [0.2, 0.25) is 0 Å². The predicted octanol–water partition coefficient (Wildman–Crippen LogP) is 5.36. The van der Waals surface area contributed by atoms with Crippen molar-refractivity contribution in [1.82, 2.24) is 5.01 Å². The van der Waals surface area contributed by atoms with E-state index in [9.17, 15) is 5.11 Å². The van der Waals surface area contributed by atoms with Crippen molar-refractivity contribution < 1.29 is 5.11 Å². The molecule has 0 aliphatic carbocycles. The van der Waals surface area contributed by atoms with Gasteiger partial charge in [-0.25, -0.2) is 5.01 Å². The first-order chi connectivity index (χ1) is 11.3. The first-order valence-corrected chi connectivity index (χ1v) is 8.70. The Morgan fingerprint density at radius 2 is 1.88 bits per heavy atom. The minimum Gasteiger partial charge on any atom is -0.386 e. The number of aryl methyl sites for hydroxylation is 1. The number of benzene rings is 1. The summed E-state index contributed by atoms with van der Waals surface area (Å²) in [6.45, 7) is 12.2. The topological polar surface area (TPSA) is 35.8 Å². The first-order valence-electron chi connectivity index (χ1n) is 8.70. The third-order valence-corrected chi connectivity index (χ3v) is 3.70. The highest BCUT2D eigenvalue weighted by Crippen LogP contribution is 2.29. The van der Waals surface area contributed by atoms with Crippen molar-refractivity contribution in [2.24, 2.45) is 10.5 Å². The Balaban J connectivity index is 3.31. The summed E-state index contributed by atoms with van der Waals surface area (Å²) in [7, 11) is 0. The highest BCUT2D eigenvalue weighted by Gasteiger charge is 2.28. The summed E-state index contributed by atoms with van der Waals surface area (Å²) < 4.78 is 0. The fourth-order valence-corrected chi connectivity index (χ4v) is 2.20. The number of hydrogen-bond acceptors (Lipinski definition) is 3. The zero-order valence-electron chi connectivity index (χ0n) is 16.0. The molecule has 0 radical (unpaired) electrons. The molecular weight excluding hydrogens is 296 g/mol. The van der Waals surface area contributed by atoms with E-state index < -0.39 is 6.10 Å². The second kappa shape index (κ2) is 9.43. The molecule has 24 heavy (non-hydrogen) atoms. The maximum atomic E-state index is 10.9. The molecule has 1 unspecified atom stereocenters. The van der Waals surface area contributed by atoms with Crippen LogP contribution in [0.2, 0.25) is 0 Å². The summed E-state index contributed by atoms with van der Waals surface area (Å²) in [5, 5.41) is 17.1. The van der Waals surface area contributed by atoms with Crippen LogP contribution < -0.4 is 0 Å². The SMILES string of the molecule is C/C=N\N(/C=C/CCC)/C(=C/c1ccc(C)cc1)C(O)C(C)(C)C. The smallest absolute Gasteiger partial charge is 0.101 e. The molecule has 0 fully saturated rings. The lowest BCUT2D eigenvalue weighted by molar-refractivity contribution is 0.0756. The third kappa shape index (κ3) is 6.32. The quantitative estimate of drug-likeness (QED) is 0.540. The molecule has 0 aliphatic rings. The highest BCUT2D eigenvalue weighted by atomic mass is 16.3. The van der Waals surface area contributed by atoms with E-state index in [1.807, 2.05) is 40.0 Å².